The van der Waals surface area contributed by atoms with E-state index in [9.17, 15) is 10.1 Å². The molecule has 0 amide bonds. The van der Waals surface area contributed by atoms with Crippen molar-refractivity contribution in [3.63, 3.8) is 0 Å². The molecule has 0 aliphatic rings. The number of benzene rings is 1. The number of alkyl halides is 1. The molecule has 0 radical (unpaired) electrons. The fourth-order valence-electron chi connectivity index (χ4n) is 1.51. The Labute approximate surface area is 117 Å². The lowest BCUT2D eigenvalue weighted by atomic mass is 10.2. The van der Waals surface area contributed by atoms with Crippen LogP contribution in [-0.4, -0.2) is 14.9 Å². The second-order valence-electron chi connectivity index (χ2n) is 3.79. The standard InChI is InChI=1S/C12H10BrN3O3/c1-8-3-2-4-10(11(8)16(17)18)19-12-14-6-9(5-13)7-15-12/h2-4,6-7H,5H2,1H3. The molecule has 1 aromatic carbocycles. The number of aromatic nitrogens is 2. The van der Waals surface area contributed by atoms with Gasteiger partial charge in [0.1, 0.15) is 0 Å². The molecule has 2 rings (SSSR count). The van der Waals surface area contributed by atoms with Crippen LogP contribution in [0.2, 0.25) is 0 Å². The van der Waals surface area contributed by atoms with Crippen LogP contribution in [-0.2, 0) is 5.33 Å². The van der Waals surface area contributed by atoms with E-state index in [1.54, 1.807) is 31.5 Å². The third-order valence-electron chi connectivity index (χ3n) is 2.42. The summed E-state index contributed by atoms with van der Waals surface area (Å²) in [7, 11) is 0. The molecule has 0 aliphatic heterocycles. The number of nitro benzene ring substituents is 1. The zero-order valence-electron chi connectivity index (χ0n) is 10.0. The molecule has 19 heavy (non-hydrogen) atoms. The van der Waals surface area contributed by atoms with E-state index < -0.39 is 4.92 Å². The molecule has 0 fully saturated rings. The van der Waals surface area contributed by atoms with Gasteiger partial charge in [0, 0.05) is 23.3 Å². The quantitative estimate of drug-likeness (QED) is 0.489. The summed E-state index contributed by atoms with van der Waals surface area (Å²) in [5.74, 6) is 0.136. The van der Waals surface area contributed by atoms with Gasteiger partial charge < -0.3 is 4.74 Å². The molecule has 0 unspecified atom stereocenters. The van der Waals surface area contributed by atoms with Crippen LogP contribution < -0.4 is 4.74 Å². The first-order valence-corrected chi connectivity index (χ1v) is 6.52. The summed E-state index contributed by atoms with van der Waals surface area (Å²) in [5.41, 5.74) is 1.35. The summed E-state index contributed by atoms with van der Waals surface area (Å²) in [6.45, 7) is 1.65. The van der Waals surface area contributed by atoms with Crippen LogP contribution in [0.25, 0.3) is 0 Å². The maximum atomic E-state index is 11.0. The normalized spacial score (nSPS) is 10.2. The average molecular weight is 324 g/mol. The second kappa shape index (κ2) is 5.75. The molecule has 0 spiro atoms. The minimum absolute atomic E-state index is 0.0735. The third kappa shape index (κ3) is 3.05. The van der Waals surface area contributed by atoms with Gasteiger partial charge in [0.2, 0.25) is 5.75 Å². The Balaban J connectivity index is 2.32. The number of nitrogens with zero attached hydrogens (tertiary/aromatic N) is 3. The minimum atomic E-state index is -0.475. The van der Waals surface area contributed by atoms with E-state index in [1.807, 2.05) is 0 Å². The lowest BCUT2D eigenvalue weighted by molar-refractivity contribution is -0.386. The molecule has 0 bridgehead atoms. The van der Waals surface area contributed by atoms with E-state index in [1.165, 1.54) is 6.07 Å². The molecule has 2 aromatic rings. The van der Waals surface area contributed by atoms with E-state index in [4.69, 9.17) is 4.74 Å². The number of para-hydroxylation sites is 1. The molecule has 0 aliphatic carbocycles. The lowest BCUT2D eigenvalue weighted by Crippen LogP contribution is -1.98. The predicted molar refractivity (Wildman–Crippen MR) is 72.6 cm³/mol. The first-order chi connectivity index (χ1) is 9.11. The van der Waals surface area contributed by atoms with E-state index in [0.717, 1.165) is 5.56 Å². The zero-order valence-corrected chi connectivity index (χ0v) is 11.6. The first-order valence-electron chi connectivity index (χ1n) is 5.40. The van der Waals surface area contributed by atoms with Crippen molar-refractivity contribution in [1.29, 1.82) is 0 Å². The number of rotatable bonds is 4. The molecular weight excluding hydrogens is 314 g/mol. The van der Waals surface area contributed by atoms with Crippen molar-refractivity contribution >= 4 is 21.6 Å². The summed E-state index contributed by atoms with van der Waals surface area (Å²) in [6, 6.07) is 4.94. The Hall–Kier alpha value is -2.02. The fraction of sp³-hybridized carbons (Fsp3) is 0.167. The van der Waals surface area contributed by atoms with Gasteiger partial charge in [0.15, 0.2) is 0 Å². The van der Waals surface area contributed by atoms with Crippen molar-refractivity contribution in [3.8, 4) is 11.8 Å². The Morgan fingerprint density at radius 1 is 1.37 bits per heavy atom. The van der Waals surface area contributed by atoms with Gasteiger partial charge in [0.25, 0.3) is 0 Å². The number of hydrogen-bond donors (Lipinski definition) is 0. The van der Waals surface area contributed by atoms with Gasteiger partial charge in [-0.05, 0) is 18.6 Å². The highest BCUT2D eigenvalue weighted by Crippen LogP contribution is 2.32. The topological polar surface area (TPSA) is 78.2 Å². The molecule has 0 saturated carbocycles. The summed E-state index contributed by atoms with van der Waals surface area (Å²) >= 11 is 3.28. The first kappa shape index (κ1) is 13.4. The number of nitro groups is 1. The monoisotopic (exact) mass is 323 g/mol. The highest BCUT2D eigenvalue weighted by Gasteiger charge is 2.19. The van der Waals surface area contributed by atoms with Crippen molar-refractivity contribution in [2.45, 2.75) is 12.3 Å². The van der Waals surface area contributed by atoms with Gasteiger partial charge in [-0.1, -0.05) is 28.1 Å². The molecule has 0 N–H and O–H groups in total. The summed E-state index contributed by atoms with van der Waals surface area (Å²) < 4.78 is 5.37. The maximum Gasteiger partial charge on any atom is 0.322 e. The van der Waals surface area contributed by atoms with Crippen molar-refractivity contribution < 1.29 is 9.66 Å². The van der Waals surface area contributed by atoms with Crippen LogP contribution in [0.3, 0.4) is 0 Å². The molecule has 6 nitrogen and oxygen atoms in total. The van der Waals surface area contributed by atoms with Crippen LogP contribution in [0.15, 0.2) is 30.6 Å². The second-order valence-corrected chi connectivity index (χ2v) is 4.35. The summed E-state index contributed by atoms with van der Waals surface area (Å²) in [4.78, 5) is 18.5. The van der Waals surface area contributed by atoms with Crippen LogP contribution in [0.4, 0.5) is 5.69 Å². The SMILES string of the molecule is Cc1cccc(Oc2ncc(CBr)cn2)c1[N+](=O)[O-]. The van der Waals surface area contributed by atoms with Crippen molar-refractivity contribution in [1.82, 2.24) is 9.97 Å². The summed E-state index contributed by atoms with van der Waals surface area (Å²) in [5, 5.41) is 11.6. The number of aryl methyl sites for hydroxylation is 1. The van der Waals surface area contributed by atoms with Gasteiger partial charge in [-0.2, -0.15) is 0 Å². The Kier molecular flexibility index (Phi) is 4.06. The largest absolute Gasteiger partial charge is 0.417 e. The lowest BCUT2D eigenvalue weighted by Gasteiger charge is -2.06. The summed E-state index contributed by atoms with van der Waals surface area (Å²) in [6.07, 6.45) is 3.19. The third-order valence-corrected chi connectivity index (χ3v) is 3.07. The van der Waals surface area contributed by atoms with Crippen LogP contribution in [0.1, 0.15) is 11.1 Å². The molecule has 1 heterocycles. The van der Waals surface area contributed by atoms with Crippen LogP contribution in [0.5, 0.6) is 11.8 Å². The molecule has 0 atom stereocenters. The molecule has 7 heteroatoms. The molecular formula is C12H10BrN3O3. The average Bonchev–Trinajstić information content (AvgIpc) is 2.39. The number of ether oxygens (including phenoxy) is 1. The van der Waals surface area contributed by atoms with Crippen molar-refractivity contribution in [3.05, 3.63) is 51.8 Å². The Bertz CT molecular complexity index is 602. The van der Waals surface area contributed by atoms with Gasteiger partial charge in [0.05, 0.1) is 4.92 Å². The molecule has 98 valence electrons. The minimum Gasteiger partial charge on any atom is -0.417 e. The smallest absolute Gasteiger partial charge is 0.322 e. The van der Waals surface area contributed by atoms with Crippen molar-refractivity contribution in [2.24, 2.45) is 0 Å². The fourth-order valence-corrected chi connectivity index (χ4v) is 1.80. The van der Waals surface area contributed by atoms with E-state index >= 15 is 0 Å². The van der Waals surface area contributed by atoms with E-state index in [2.05, 4.69) is 25.9 Å². The van der Waals surface area contributed by atoms with Crippen LogP contribution >= 0.6 is 15.9 Å². The van der Waals surface area contributed by atoms with Gasteiger partial charge in [-0.25, -0.2) is 9.97 Å². The number of halogens is 1. The number of hydrogen-bond acceptors (Lipinski definition) is 5. The van der Waals surface area contributed by atoms with Gasteiger partial charge >= 0.3 is 11.7 Å². The van der Waals surface area contributed by atoms with Gasteiger partial charge in [-0.3, -0.25) is 10.1 Å². The predicted octanol–water partition coefficient (Wildman–Crippen LogP) is 3.38. The molecule has 0 saturated heterocycles. The highest BCUT2D eigenvalue weighted by atomic mass is 79.9. The van der Waals surface area contributed by atoms with E-state index in [0.29, 0.717) is 10.9 Å². The Morgan fingerprint density at radius 2 is 2.05 bits per heavy atom. The Morgan fingerprint density at radius 3 is 2.63 bits per heavy atom. The van der Waals surface area contributed by atoms with Gasteiger partial charge in [-0.15, -0.1) is 0 Å². The van der Waals surface area contributed by atoms with Crippen LogP contribution in [0, 0.1) is 17.0 Å². The highest BCUT2D eigenvalue weighted by molar-refractivity contribution is 9.08. The van der Waals surface area contributed by atoms with E-state index in [-0.39, 0.29) is 17.4 Å². The molecule has 1 aromatic heterocycles. The maximum absolute atomic E-state index is 11.0. The zero-order chi connectivity index (χ0) is 13.8. The van der Waals surface area contributed by atoms with Crippen molar-refractivity contribution in [2.75, 3.05) is 0 Å².